The maximum Gasteiger partial charge on any atom is 0.322 e. The van der Waals surface area contributed by atoms with E-state index in [4.69, 9.17) is 9.47 Å². The highest BCUT2D eigenvalue weighted by Crippen LogP contribution is 2.19. The van der Waals surface area contributed by atoms with Gasteiger partial charge < -0.3 is 14.8 Å². The molecule has 0 aromatic heterocycles. The Hall–Kier alpha value is -0.610. The summed E-state index contributed by atoms with van der Waals surface area (Å²) in [5.74, 6) is -0.161. The molecule has 4 heteroatoms. The maximum absolute atomic E-state index is 11.6. The second-order valence-electron chi connectivity index (χ2n) is 5.51. The fourth-order valence-corrected chi connectivity index (χ4v) is 1.72. The lowest BCUT2D eigenvalue weighted by molar-refractivity contribution is -0.143. The first-order chi connectivity index (χ1) is 8.46. The van der Waals surface area contributed by atoms with E-state index in [9.17, 15) is 4.79 Å². The van der Waals surface area contributed by atoms with Crippen LogP contribution >= 0.6 is 0 Å². The molecule has 0 radical (unpaired) electrons. The van der Waals surface area contributed by atoms with E-state index in [-0.39, 0.29) is 17.4 Å². The molecule has 0 aliphatic heterocycles. The minimum atomic E-state index is -0.184. The summed E-state index contributed by atoms with van der Waals surface area (Å²) in [6.45, 7) is 8.00. The summed E-state index contributed by atoms with van der Waals surface area (Å²) >= 11 is 0. The number of carbonyl (C=O) groups excluding carboxylic acids is 1. The third-order valence-electron chi connectivity index (χ3n) is 3.14. The lowest BCUT2D eigenvalue weighted by atomic mass is 9.89. The fraction of sp³-hybridized carbons (Fsp3) is 0.929. The summed E-state index contributed by atoms with van der Waals surface area (Å²) in [6.07, 6.45) is 3.93. The highest BCUT2D eigenvalue weighted by molar-refractivity contribution is 5.75. The molecular weight excluding hydrogens is 230 g/mol. The molecule has 0 bridgehead atoms. The molecular formula is C14H29NO3. The van der Waals surface area contributed by atoms with Gasteiger partial charge in [-0.05, 0) is 18.3 Å². The van der Waals surface area contributed by atoms with Crippen molar-refractivity contribution in [1.29, 1.82) is 0 Å². The maximum atomic E-state index is 11.6. The number of unbranched alkanes of at least 4 members (excludes halogenated alkanes) is 1. The highest BCUT2D eigenvalue weighted by Gasteiger charge is 2.23. The lowest BCUT2D eigenvalue weighted by Crippen LogP contribution is -2.42. The average Bonchev–Trinajstić information content (AvgIpc) is 2.35. The number of hydrogen-bond acceptors (Lipinski definition) is 4. The highest BCUT2D eigenvalue weighted by atomic mass is 16.5. The number of rotatable bonds is 10. The fourth-order valence-electron chi connectivity index (χ4n) is 1.72. The monoisotopic (exact) mass is 259 g/mol. The van der Waals surface area contributed by atoms with E-state index in [0.29, 0.717) is 0 Å². The van der Waals surface area contributed by atoms with E-state index in [2.05, 4.69) is 26.1 Å². The molecule has 0 heterocycles. The topological polar surface area (TPSA) is 47.6 Å². The van der Waals surface area contributed by atoms with E-state index < -0.39 is 0 Å². The SMILES string of the molecule is CCCCC(NCC(C)(C)CCOC)C(=O)OC. The van der Waals surface area contributed by atoms with Crippen molar-refractivity contribution in [2.45, 2.75) is 52.5 Å². The Kier molecular flexibility index (Phi) is 9.02. The van der Waals surface area contributed by atoms with Crippen LogP contribution in [0.2, 0.25) is 0 Å². The zero-order valence-electron chi connectivity index (χ0n) is 12.5. The molecule has 1 atom stereocenters. The van der Waals surface area contributed by atoms with Crippen LogP contribution in [0, 0.1) is 5.41 Å². The average molecular weight is 259 g/mol. The van der Waals surface area contributed by atoms with E-state index in [1.54, 1.807) is 7.11 Å². The van der Waals surface area contributed by atoms with Crippen LogP contribution in [0.15, 0.2) is 0 Å². The van der Waals surface area contributed by atoms with Crippen molar-refractivity contribution >= 4 is 5.97 Å². The van der Waals surface area contributed by atoms with Crippen molar-refractivity contribution < 1.29 is 14.3 Å². The minimum Gasteiger partial charge on any atom is -0.468 e. The first kappa shape index (κ1) is 17.4. The predicted molar refractivity (Wildman–Crippen MR) is 73.6 cm³/mol. The smallest absolute Gasteiger partial charge is 0.322 e. The van der Waals surface area contributed by atoms with Crippen LogP contribution in [0.25, 0.3) is 0 Å². The van der Waals surface area contributed by atoms with E-state index in [0.717, 1.165) is 38.8 Å². The summed E-state index contributed by atoms with van der Waals surface area (Å²) in [5.41, 5.74) is 0.120. The van der Waals surface area contributed by atoms with Crippen molar-refractivity contribution in [3.63, 3.8) is 0 Å². The summed E-state index contributed by atoms with van der Waals surface area (Å²) in [4.78, 5) is 11.6. The zero-order chi connectivity index (χ0) is 14.0. The Labute approximate surface area is 111 Å². The summed E-state index contributed by atoms with van der Waals surface area (Å²) < 4.78 is 9.93. The molecule has 0 fully saturated rings. The molecule has 4 nitrogen and oxygen atoms in total. The first-order valence-electron chi connectivity index (χ1n) is 6.77. The number of esters is 1. The normalized spacial score (nSPS) is 13.4. The summed E-state index contributed by atoms with van der Waals surface area (Å²) in [7, 11) is 3.15. The van der Waals surface area contributed by atoms with Gasteiger partial charge in [-0.15, -0.1) is 0 Å². The molecule has 0 aliphatic carbocycles. The molecule has 0 aromatic rings. The molecule has 0 saturated carbocycles. The standard InChI is InChI=1S/C14H29NO3/c1-6-7-8-12(13(16)18-5)15-11-14(2,3)9-10-17-4/h12,15H,6-11H2,1-5H3. The van der Waals surface area contributed by atoms with Crippen LogP contribution in [0.1, 0.15) is 46.5 Å². The van der Waals surface area contributed by atoms with Crippen molar-refractivity contribution in [3.05, 3.63) is 0 Å². The number of methoxy groups -OCH3 is 2. The predicted octanol–water partition coefficient (Wildman–Crippen LogP) is 2.37. The molecule has 0 rings (SSSR count). The van der Waals surface area contributed by atoms with Gasteiger partial charge >= 0.3 is 5.97 Å². The summed E-state index contributed by atoms with van der Waals surface area (Å²) in [6, 6.07) is -0.184. The third-order valence-corrected chi connectivity index (χ3v) is 3.14. The van der Waals surface area contributed by atoms with Crippen LogP contribution in [0.4, 0.5) is 0 Å². The third kappa shape index (κ3) is 7.67. The van der Waals surface area contributed by atoms with Gasteiger partial charge in [-0.1, -0.05) is 33.6 Å². The van der Waals surface area contributed by atoms with Gasteiger partial charge in [0.05, 0.1) is 7.11 Å². The molecule has 0 saturated heterocycles. The van der Waals surface area contributed by atoms with Gasteiger partial charge in [-0.3, -0.25) is 4.79 Å². The van der Waals surface area contributed by atoms with Gasteiger partial charge in [0.15, 0.2) is 0 Å². The zero-order valence-corrected chi connectivity index (χ0v) is 12.5. The van der Waals surface area contributed by atoms with Crippen LogP contribution in [0.5, 0.6) is 0 Å². The summed E-state index contributed by atoms with van der Waals surface area (Å²) in [5, 5.41) is 3.32. The molecule has 0 amide bonds. The number of nitrogens with one attached hydrogen (secondary N) is 1. The Balaban J connectivity index is 4.19. The second-order valence-corrected chi connectivity index (χ2v) is 5.51. The number of ether oxygens (including phenoxy) is 2. The quantitative estimate of drug-likeness (QED) is 0.612. The van der Waals surface area contributed by atoms with Crippen LogP contribution < -0.4 is 5.32 Å². The minimum absolute atomic E-state index is 0.120. The van der Waals surface area contributed by atoms with Crippen LogP contribution in [0.3, 0.4) is 0 Å². The van der Waals surface area contributed by atoms with Crippen LogP contribution in [-0.2, 0) is 14.3 Å². The largest absolute Gasteiger partial charge is 0.468 e. The van der Waals surface area contributed by atoms with Crippen molar-refractivity contribution in [3.8, 4) is 0 Å². The lowest BCUT2D eigenvalue weighted by Gasteiger charge is -2.27. The first-order valence-corrected chi connectivity index (χ1v) is 6.77. The van der Waals surface area contributed by atoms with Gasteiger partial charge in [-0.25, -0.2) is 0 Å². The van der Waals surface area contributed by atoms with Gasteiger partial charge in [0.2, 0.25) is 0 Å². The Morgan fingerprint density at radius 1 is 1.33 bits per heavy atom. The molecule has 0 aliphatic rings. The van der Waals surface area contributed by atoms with Crippen molar-refractivity contribution in [2.24, 2.45) is 5.41 Å². The molecule has 18 heavy (non-hydrogen) atoms. The molecule has 0 spiro atoms. The van der Waals surface area contributed by atoms with E-state index in [1.165, 1.54) is 7.11 Å². The van der Waals surface area contributed by atoms with Crippen LogP contribution in [-0.4, -0.2) is 39.4 Å². The van der Waals surface area contributed by atoms with Gasteiger partial charge in [0, 0.05) is 20.3 Å². The Morgan fingerprint density at radius 2 is 2.00 bits per heavy atom. The van der Waals surface area contributed by atoms with Gasteiger partial charge in [-0.2, -0.15) is 0 Å². The Bertz CT molecular complexity index is 229. The molecule has 1 unspecified atom stereocenters. The van der Waals surface area contributed by atoms with Gasteiger partial charge in [0.1, 0.15) is 6.04 Å². The van der Waals surface area contributed by atoms with E-state index >= 15 is 0 Å². The van der Waals surface area contributed by atoms with E-state index in [1.807, 2.05) is 0 Å². The molecule has 1 N–H and O–H groups in total. The van der Waals surface area contributed by atoms with Crippen molar-refractivity contribution in [1.82, 2.24) is 5.32 Å². The van der Waals surface area contributed by atoms with Crippen molar-refractivity contribution in [2.75, 3.05) is 27.4 Å². The van der Waals surface area contributed by atoms with Gasteiger partial charge in [0.25, 0.3) is 0 Å². The number of carbonyl (C=O) groups is 1. The molecule has 108 valence electrons. The number of hydrogen-bond donors (Lipinski definition) is 1. The second kappa shape index (κ2) is 9.34. The molecule has 0 aromatic carbocycles. The Morgan fingerprint density at radius 3 is 2.50 bits per heavy atom.